The Morgan fingerprint density at radius 2 is 1.97 bits per heavy atom. The Kier molecular flexibility index (Phi) is 4.64. The number of nitrogens with zero attached hydrogens (tertiary/aromatic N) is 1. The molecule has 2 aliphatic carbocycles. The molecule has 3 atom stereocenters. The Labute approximate surface area is 177 Å². The number of aromatic hydroxyl groups is 1. The van der Waals surface area contributed by atoms with Crippen LogP contribution in [0.1, 0.15) is 42.4 Å². The van der Waals surface area contributed by atoms with Crippen LogP contribution in [0.5, 0.6) is 11.5 Å². The first-order valence-electron chi connectivity index (χ1n) is 10.8. The molecule has 1 saturated heterocycles. The van der Waals surface area contributed by atoms with E-state index in [1.165, 1.54) is 0 Å². The molecule has 5 rings (SSSR count). The lowest BCUT2D eigenvalue weighted by Gasteiger charge is -2.64. The van der Waals surface area contributed by atoms with Gasteiger partial charge < -0.3 is 19.5 Å². The maximum absolute atomic E-state index is 12.8. The third kappa shape index (κ3) is 2.65. The zero-order valence-corrected chi connectivity index (χ0v) is 17.7. The number of Topliss-reactive ketones (excluding diaryl/α,β-unsaturated/α-hetero) is 1. The largest absolute Gasteiger partial charge is 0.504 e. The Bertz CT molecular complexity index is 975. The molecule has 3 aliphatic rings. The zero-order chi connectivity index (χ0) is 20.9. The number of ether oxygens (including phenoxy) is 2. The molecular formula is C25H29NO4. The van der Waals surface area contributed by atoms with Crippen LogP contribution in [0.3, 0.4) is 0 Å². The second-order valence-electron chi connectivity index (χ2n) is 9.06. The predicted molar refractivity (Wildman–Crippen MR) is 114 cm³/mol. The molecule has 0 radical (unpaired) electrons. The van der Waals surface area contributed by atoms with Gasteiger partial charge in [0, 0.05) is 29.9 Å². The number of hydrogen-bond donors (Lipinski definition) is 1. The van der Waals surface area contributed by atoms with E-state index in [9.17, 15) is 9.90 Å². The van der Waals surface area contributed by atoms with Crippen molar-refractivity contribution in [3.8, 4) is 11.5 Å². The summed E-state index contributed by atoms with van der Waals surface area (Å²) in [5.74, 6) is 0.906. The molecule has 2 bridgehead atoms. The van der Waals surface area contributed by atoms with Crippen molar-refractivity contribution >= 4 is 5.78 Å². The molecule has 0 spiro atoms. The number of hydrogen-bond acceptors (Lipinski definition) is 5. The van der Waals surface area contributed by atoms with Crippen molar-refractivity contribution in [2.24, 2.45) is 0 Å². The summed E-state index contributed by atoms with van der Waals surface area (Å²) in [6.45, 7) is 1.38. The van der Waals surface area contributed by atoms with Crippen molar-refractivity contribution in [1.82, 2.24) is 4.90 Å². The third-order valence-electron chi connectivity index (χ3n) is 7.72. The average molecular weight is 408 g/mol. The van der Waals surface area contributed by atoms with E-state index in [4.69, 9.17) is 9.47 Å². The lowest BCUT2D eigenvalue weighted by molar-refractivity contribution is -0.202. The summed E-state index contributed by atoms with van der Waals surface area (Å²) >= 11 is 0. The molecule has 1 N–H and O–H groups in total. The standard InChI is InChI=1S/C25H29NO4/c1-26-13-12-24-15-19(27)10-11-25(24,30-16-17-6-4-3-5-7-17)21(26)14-18-8-9-20(29-2)23(28)22(18)24/h3-9,21,28H,10-16H2,1-2H3/t21?,24-,25+/m0/s1. The highest BCUT2D eigenvalue weighted by Gasteiger charge is 2.66. The monoisotopic (exact) mass is 407 g/mol. The fourth-order valence-corrected chi connectivity index (χ4v) is 6.33. The molecule has 1 saturated carbocycles. The van der Waals surface area contributed by atoms with Gasteiger partial charge in [0.05, 0.1) is 19.3 Å². The number of ketones is 1. The van der Waals surface area contributed by atoms with Crippen molar-refractivity contribution < 1.29 is 19.4 Å². The molecule has 2 aromatic rings. The number of carbonyl (C=O) groups is 1. The Morgan fingerprint density at radius 3 is 2.73 bits per heavy atom. The van der Waals surface area contributed by atoms with Gasteiger partial charge in [-0.1, -0.05) is 36.4 Å². The fourth-order valence-electron chi connectivity index (χ4n) is 6.33. The van der Waals surface area contributed by atoms with Gasteiger partial charge in [0.1, 0.15) is 5.78 Å². The molecule has 1 heterocycles. The Balaban J connectivity index is 1.68. The van der Waals surface area contributed by atoms with E-state index in [1.807, 2.05) is 24.3 Å². The van der Waals surface area contributed by atoms with E-state index in [0.717, 1.165) is 36.1 Å². The smallest absolute Gasteiger partial charge is 0.161 e. The van der Waals surface area contributed by atoms with Crippen molar-refractivity contribution in [2.75, 3.05) is 20.7 Å². The Hall–Kier alpha value is -2.37. The van der Waals surface area contributed by atoms with Gasteiger partial charge in [0.25, 0.3) is 0 Å². The van der Waals surface area contributed by atoms with E-state index >= 15 is 0 Å². The summed E-state index contributed by atoms with van der Waals surface area (Å²) in [6, 6.07) is 14.3. The molecule has 5 nitrogen and oxygen atoms in total. The molecule has 0 aromatic heterocycles. The summed E-state index contributed by atoms with van der Waals surface area (Å²) < 4.78 is 12.3. The first-order chi connectivity index (χ1) is 14.5. The summed E-state index contributed by atoms with van der Waals surface area (Å²) in [4.78, 5) is 15.2. The van der Waals surface area contributed by atoms with Gasteiger partial charge in [0.2, 0.25) is 0 Å². The second-order valence-corrected chi connectivity index (χ2v) is 9.06. The number of piperidine rings is 1. The molecule has 2 aromatic carbocycles. The first kappa shape index (κ1) is 19.6. The topological polar surface area (TPSA) is 59.0 Å². The van der Waals surface area contributed by atoms with Crippen molar-refractivity contribution in [1.29, 1.82) is 0 Å². The van der Waals surface area contributed by atoms with E-state index in [2.05, 4.69) is 30.1 Å². The van der Waals surface area contributed by atoms with Crippen LogP contribution in [0.15, 0.2) is 42.5 Å². The van der Waals surface area contributed by atoms with Gasteiger partial charge in [-0.05, 0) is 50.0 Å². The maximum Gasteiger partial charge on any atom is 0.161 e. The zero-order valence-electron chi connectivity index (χ0n) is 17.7. The van der Waals surface area contributed by atoms with Gasteiger partial charge in [0.15, 0.2) is 11.5 Å². The number of methoxy groups -OCH3 is 1. The third-order valence-corrected chi connectivity index (χ3v) is 7.72. The van der Waals surface area contributed by atoms with Crippen LogP contribution < -0.4 is 4.74 Å². The van der Waals surface area contributed by atoms with Gasteiger partial charge in [-0.25, -0.2) is 0 Å². The van der Waals surface area contributed by atoms with Crippen molar-refractivity contribution in [2.45, 2.75) is 55.8 Å². The number of carbonyl (C=O) groups excluding carboxylic acids is 1. The summed E-state index contributed by atoms with van der Waals surface area (Å²) in [5, 5.41) is 11.2. The average Bonchev–Trinajstić information content (AvgIpc) is 2.76. The van der Waals surface area contributed by atoms with Crippen LogP contribution in [0.25, 0.3) is 0 Å². The number of phenols is 1. The summed E-state index contributed by atoms with van der Waals surface area (Å²) in [7, 11) is 3.73. The number of likely N-dealkylation sites (N-methyl/N-ethyl adjacent to an activating group) is 1. The molecule has 30 heavy (non-hydrogen) atoms. The highest BCUT2D eigenvalue weighted by atomic mass is 16.5. The van der Waals surface area contributed by atoms with Gasteiger partial charge in [-0.15, -0.1) is 0 Å². The van der Waals surface area contributed by atoms with Crippen LogP contribution in [0.2, 0.25) is 0 Å². The van der Waals surface area contributed by atoms with Gasteiger partial charge >= 0.3 is 0 Å². The molecule has 5 heteroatoms. The Morgan fingerprint density at radius 1 is 1.17 bits per heavy atom. The predicted octanol–water partition coefficient (Wildman–Crippen LogP) is 3.61. The minimum Gasteiger partial charge on any atom is -0.504 e. The molecular weight excluding hydrogens is 378 g/mol. The quantitative estimate of drug-likeness (QED) is 0.839. The van der Waals surface area contributed by atoms with E-state index in [0.29, 0.717) is 31.6 Å². The minimum atomic E-state index is -0.527. The highest BCUT2D eigenvalue weighted by molar-refractivity contribution is 5.83. The minimum absolute atomic E-state index is 0.170. The van der Waals surface area contributed by atoms with Gasteiger partial charge in [-0.3, -0.25) is 4.79 Å². The number of phenolic OH excluding ortho intramolecular Hbond substituents is 1. The molecule has 1 unspecified atom stereocenters. The van der Waals surface area contributed by atoms with Crippen LogP contribution in [0, 0.1) is 0 Å². The van der Waals surface area contributed by atoms with Crippen LogP contribution >= 0.6 is 0 Å². The van der Waals surface area contributed by atoms with Crippen LogP contribution in [-0.2, 0) is 28.0 Å². The first-order valence-corrected chi connectivity index (χ1v) is 10.8. The number of rotatable bonds is 4. The van der Waals surface area contributed by atoms with Crippen LogP contribution in [-0.4, -0.2) is 48.1 Å². The SMILES string of the molecule is COc1ccc2c(c1O)[C@@]13CCN(C)C(C2)[C@]1(OCc1ccccc1)CCC(=O)C3. The second kappa shape index (κ2) is 7.10. The maximum atomic E-state index is 12.8. The highest BCUT2D eigenvalue weighted by Crippen LogP contribution is 2.61. The molecule has 1 aliphatic heterocycles. The van der Waals surface area contributed by atoms with Crippen molar-refractivity contribution in [3.05, 3.63) is 59.2 Å². The number of benzene rings is 2. The molecule has 158 valence electrons. The van der Waals surface area contributed by atoms with Gasteiger partial charge in [-0.2, -0.15) is 0 Å². The lowest BCUT2D eigenvalue weighted by atomic mass is 9.49. The number of fused-ring (bicyclic) bond motifs is 1. The summed E-state index contributed by atoms with van der Waals surface area (Å²) in [6.07, 6.45) is 3.22. The van der Waals surface area contributed by atoms with E-state index in [1.54, 1.807) is 7.11 Å². The number of likely N-dealkylation sites (tertiary alicyclic amines) is 1. The normalized spacial score (nSPS) is 30.5. The van der Waals surface area contributed by atoms with Crippen LogP contribution in [0.4, 0.5) is 0 Å². The fraction of sp³-hybridized carbons (Fsp3) is 0.480. The van der Waals surface area contributed by atoms with Crippen molar-refractivity contribution in [3.63, 3.8) is 0 Å². The summed E-state index contributed by atoms with van der Waals surface area (Å²) in [5.41, 5.74) is 2.08. The molecule has 0 amide bonds. The van der Waals surface area contributed by atoms with E-state index in [-0.39, 0.29) is 17.6 Å². The molecule has 2 fully saturated rings. The lowest BCUT2D eigenvalue weighted by Crippen LogP contribution is -2.73. The van der Waals surface area contributed by atoms with E-state index < -0.39 is 11.0 Å².